The first-order chi connectivity index (χ1) is 15.5. The summed E-state index contributed by atoms with van der Waals surface area (Å²) in [5, 5.41) is 25.3. The van der Waals surface area contributed by atoms with Crippen LogP contribution in [0.3, 0.4) is 0 Å². The van der Waals surface area contributed by atoms with Gasteiger partial charge < -0.3 is 15.5 Å². The molecule has 1 aromatic carbocycles. The first-order valence-electron chi connectivity index (χ1n) is 9.72. The highest BCUT2D eigenvalue weighted by atomic mass is 32.1. The first-order valence-corrected chi connectivity index (χ1v) is 11.4. The molecular weight excluding hydrogens is 446 g/mol. The molecule has 3 heterocycles. The summed E-state index contributed by atoms with van der Waals surface area (Å²) in [6.07, 6.45) is 1.44. The monoisotopic (exact) mass is 465 g/mol. The fraction of sp³-hybridized carbons (Fsp3) is 0.130. The number of carbonyl (C=O) groups excluding carboxylic acids is 1. The Morgan fingerprint density at radius 1 is 1.03 bits per heavy atom. The maximum atomic E-state index is 12.8. The molecular formula is C23H19N3O4S2. The topological polar surface area (TPSA) is 112 Å². The van der Waals surface area contributed by atoms with Crippen molar-refractivity contribution in [1.82, 2.24) is 15.3 Å². The second kappa shape index (κ2) is 9.82. The predicted octanol–water partition coefficient (Wildman–Crippen LogP) is 3.78. The van der Waals surface area contributed by atoms with Gasteiger partial charge in [-0.15, -0.1) is 22.7 Å². The Labute approximate surface area is 192 Å². The highest BCUT2D eigenvalue weighted by molar-refractivity contribution is 7.21. The normalized spacial score (nSPS) is 12.8. The third-order valence-corrected chi connectivity index (χ3v) is 6.84. The van der Waals surface area contributed by atoms with E-state index in [2.05, 4.69) is 10.3 Å². The number of carboxylic acid groups (broad SMARTS) is 1. The highest BCUT2D eigenvalue weighted by Crippen LogP contribution is 2.36. The van der Waals surface area contributed by atoms with E-state index in [9.17, 15) is 19.8 Å². The number of aliphatic hydroxyl groups excluding tert-OH is 1. The van der Waals surface area contributed by atoms with Crippen LogP contribution in [-0.4, -0.2) is 38.1 Å². The first kappa shape index (κ1) is 21.8. The largest absolute Gasteiger partial charge is 0.480 e. The molecule has 0 aliphatic carbocycles. The van der Waals surface area contributed by atoms with Crippen molar-refractivity contribution < 1.29 is 19.8 Å². The summed E-state index contributed by atoms with van der Waals surface area (Å²) >= 11 is 2.96. The van der Waals surface area contributed by atoms with Gasteiger partial charge in [0, 0.05) is 22.8 Å². The number of thiazole rings is 1. The zero-order valence-corrected chi connectivity index (χ0v) is 18.3. The van der Waals surface area contributed by atoms with E-state index in [0.29, 0.717) is 11.3 Å². The lowest BCUT2D eigenvalue weighted by molar-refractivity contribution is -0.145. The lowest BCUT2D eigenvalue weighted by atomic mass is 10.0. The molecule has 0 bridgehead atoms. The van der Waals surface area contributed by atoms with Crippen molar-refractivity contribution in [3.05, 3.63) is 82.8 Å². The highest BCUT2D eigenvalue weighted by Gasteiger charge is 2.30. The zero-order chi connectivity index (χ0) is 22.5. The van der Waals surface area contributed by atoms with Crippen molar-refractivity contribution in [3.63, 3.8) is 0 Å². The molecule has 0 aliphatic heterocycles. The molecule has 2 unspecified atom stereocenters. The minimum absolute atomic E-state index is 0.0554. The number of thiophene rings is 1. The molecule has 0 aliphatic rings. The van der Waals surface area contributed by atoms with Crippen molar-refractivity contribution in [2.45, 2.75) is 18.6 Å². The molecule has 32 heavy (non-hydrogen) atoms. The van der Waals surface area contributed by atoms with Gasteiger partial charge in [0.1, 0.15) is 11.1 Å². The molecule has 1 amide bonds. The number of nitrogens with zero attached hydrogens (tertiary/aromatic N) is 2. The average molecular weight is 466 g/mol. The number of amides is 1. The van der Waals surface area contributed by atoms with Gasteiger partial charge in [0.15, 0.2) is 6.04 Å². The van der Waals surface area contributed by atoms with E-state index in [0.717, 1.165) is 20.3 Å². The fourth-order valence-electron chi connectivity index (χ4n) is 3.20. The standard InChI is InChI=1S/C23H19N3O4S2/c27-18(25-20(23(29)30)21(28)15-8-10-24-11-9-15)13-17-19(14-5-2-1-3-6-14)26-22(32-17)16-7-4-12-31-16/h1-12,20-21,28H,13H2,(H,25,27)(H,29,30). The van der Waals surface area contributed by atoms with Gasteiger partial charge in [0.25, 0.3) is 0 Å². The van der Waals surface area contributed by atoms with Crippen LogP contribution in [-0.2, 0) is 16.0 Å². The number of nitrogens with one attached hydrogen (secondary N) is 1. The van der Waals surface area contributed by atoms with Gasteiger partial charge in [-0.05, 0) is 29.1 Å². The third-order valence-electron chi connectivity index (χ3n) is 4.74. The number of carbonyl (C=O) groups is 2. The van der Waals surface area contributed by atoms with Crippen molar-refractivity contribution in [2.24, 2.45) is 0 Å². The smallest absolute Gasteiger partial charge is 0.329 e. The molecule has 0 saturated heterocycles. The number of aliphatic carboxylic acids is 1. The van der Waals surface area contributed by atoms with E-state index in [1.807, 2.05) is 47.8 Å². The summed E-state index contributed by atoms with van der Waals surface area (Å²) in [6, 6.07) is 15.0. The number of rotatable bonds is 8. The molecule has 4 rings (SSSR count). The van der Waals surface area contributed by atoms with E-state index in [4.69, 9.17) is 4.98 Å². The molecule has 0 saturated carbocycles. The van der Waals surface area contributed by atoms with Crippen LogP contribution < -0.4 is 5.32 Å². The minimum atomic E-state index is -1.49. The van der Waals surface area contributed by atoms with Gasteiger partial charge in [-0.2, -0.15) is 0 Å². The summed E-state index contributed by atoms with van der Waals surface area (Å²) in [7, 11) is 0. The van der Waals surface area contributed by atoms with Gasteiger partial charge >= 0.3 is 5.97 Å². The minimum Gasteiger partial charge on any atom is -0.480 e. The lowest BCUT2D eigenvalue weighted by Gasteiger charge is -2.20. The Morgan fingerprint density at radius 2 is 1.78 bits per heavy atom. The Hall–Kier alpha value is -3.40. The molecule has 0 radical (unpaired) electrons. The second-order valence-corrected chi connectivity index (χ2v) is 8.95. The molecule has 0 spiro atoms. The Morgan fingerprint density at radius 3 is 2.44 bits per heavy atom. The van der Waals surface area contributed by atoms with Gasteiger partial charge in [-0.3, -0.25) is 9.78 Å². The van der Waals surface area contributed by atoms with Crippen molar-refractivity contribution in [1.29, 1.82) is 0 Å². The van der Waals surface area contributed by atoms with Crippen LogP contribution in [0.25, 0.3) is 21.1 Å². The molecule has 3 aromatic heterocycles. The summed E-state index contributed by atoms with van der Waals surface area (Å²) in [6.45, 7) is 0. The van der Waals surface area contributed by atoms with E-state index in [1.165, 1.54) is 35.9 Å². The number of hydrogen-bond donors (Lipinski definition) is 3. The van der Waals surface area contributed by atoms with E-state index < -0.39 is 24.0 Å². The van der Waals surface area contributed by atoms with Gasteiger partial charge in [-0.1, -0.05) is 36.4 Å². The Kier molecular flexibility index (Phi) is 6.69. The van der Waals surface area contributed by atoms with Crippen LogP contribution in [0.1, 0.15) is 16.5 Å². The molecule has 7 nitrogen and oxygen atoms in total. The van der Waals surface area contributed by atoms with Gasteiger partial charge in [0.05, 0.1) is 17.0 Å². The number of aliphatic hydroxyl groups is 1. The number of benzene rings is 1. The third kappa shape index (κ3) is 4.91. The Bertz CT molecular complexity index is 1190. The zero-order valence-electron chi connectivity index (χ0n) is 16.7. The van der Waals surface area contributed by atoms with Crippen LogP contribution >= 0.6 is 22.7 Å². The van der Waals surface area contributed by atoms with Crippen LogP contribution in [0.2, 0.25) is 0 Å². The second-order valence-electron chi connectivity index (χ2n) is 6.92. The average Bonchev–Trinajstić information content (AvgIpc) is 3.48. The summed E-state index contributed by atoms with van der Waals surface area (Å²) in [5.74, 6) is -1.83. The quantitative estimate of drug-likeness (QED) is 0.365. The van der Waals surface area contributed by atoms with E-state index in [-0.39, 0.29) is 6.42 Å². The molecule has 4 aromatic rings. The number of pyridine rings is 1. The van der Waals surface area contributed by atoms with Crippen LogP contribution in [0.15, 0.2) is 72.4 Å². The summed E-state index contributed by atoms with van der Waals surface area (Å²) < 4.78 is 0. The summed E-state index contributed by atoms with van der Waals surface area (Å²) in [5.41, 5.74) is 1.92. The van der Waals surface area contributed by atoms with E-state index in [1.54, 1.807) is 11.3 Å². The van der Waals surface area contributed by atoms with Crippen molar-refractivity contribution in [3.8, 4) is 21.1 Å². The van der Waals surface area contributed by atoms with Crippen LogP contribution in [0.5, 0.6) is 0 Å². The summed E-state index contributed by atoms with van der Waals surface area (Å²) in [4.78, 5) is 34.9. The maximum absolute atomic E-state index is 12.8. The molecule has 3 N–H and O–H groups in total. The number of carboxylic acids is 1. The van der Waals surface area contributed by atoms with Gasteiger partial charge in [-0.25, -0.2) is 9.78 Å². The van der Waals surface area contributed by atoms with Crippen LogP contribution in [0.4, 0.5) is 0 Å². The van der Waals surface area contributed by atoms with Crippen LogP contribution in [0, 0.1) is 0 Å². The molecule has 0 fully saturated rings. The number of aromatic nitrogens is 2. The van der Waals surface area contributed by atoms with Gasteiger partial charge in [0.2, 0.25) is 5.91 Å². The van der Waals surface area contributed by atoms with Crippen molar-refractivity contribution in [2.75, 3.05) is 0 Å². The molecule has 9 heteroatoms. The SMILES string of the molecule is O=C(Cc1sc(-c2cccs2)nc1-c1ccccc1)NC(C(=O)O)C(O)c1ccncc1. The maximum Gasteiger partial charge on any atom is 0.329 e. The lowest BCUT2D eigenvalue weighted by Crippen LogP contribution is -2.45. The Balaban J connectivity index is 1.58. The van der Waals surface area contributed by atoms with Crippen molar-refractivity contribution >= 4 is 34.6 Å². The fourth-order valence-corrected chi connectivity index (χ4v) is 5.08. The molecule has 162 valence electrons. The predicted molar refractivity (Wildman–Crippen MR) is 123 cm³/mol. The molecule has 2 atom stereocenters. The van der Waals surface area contributed by atoms with E-state index >= 15 is 0 Å². The number of hydrogen-bond acceptors (Lipinski definition) is 7.